The molecule has 1 aromatic carbocycles. The number of amides is 1. The number of thioether (sulfide) groups is 1. The van der Waals surface area contributed by atoms with Crippen molar-refractivity contribution in [3.63, 3.8) is 0 Å². The molecule has 1 amide bonds. The zero-order valence-electron chi connectivity index (χ0n) is 8.50. The third kappa shape index (κ3) is 5.58. The fourth-order valence-electron chi connectivity index (χ4n) is 0.925. The number of halogens is 2. The second-order valence-electron chi connectivity index (χ2n) is 3.04. The molecular formula is C11H11BrClNOS. The zero-order valence-corrected chi connectivity index (χ0v) is 11.7. The van der Waals surface area contributed by atoms with Crippen LogP contribution in [-0.2, 0) is 4.79 Å². The number of carbonyl (C=O) groups is 1. The molecule has 0 saturated heterocycles. The van der Waals surface area contributed by atoms with Gasteiger partial charge in [-0.25, -0.2) is 0 Å². The van der Waals surface area contributed by atoms with Crippen LogP contribution in [0.25, 0.3) is 0 Å². The van der Waals surface area contributed by atoms with Crippen molar-refractivity contribution in [1.82, 2.24) is 5.32 Å². The van der Waals surface area contributed by atoms with Crippen LogP contribution < -0.4 is 5.32 Å². The first kappa shape index (κ1) is 13.6. The summed E-state index contributed by atoms with van der Waals surface area (Å²) in [5.74, 6) is 0.377. The summed E-state index contributed by atoms with van der Waals surface area (Å²) in [6.45, 7) is 4.09. The van der Waals surface area contributed by atoms with Gasteiger partial charge in [-0.05, 0) is 24.3 Å². The van der Waals surface area contributed by atoms with Crippen LogP contribution in [0.15, 0.2) is 40.2 Å². The summed E-state index contributed by atoms with van der Waals surface area (Å²) in [5, 5.41) is 3.43. The zero-order chi connectivity index (χ0) is 12.0. The third-order valence-electron chi connectivity index (χ3n) is 1.66. The monoisotopic (exact) mass is 319 g/mol. The van der Waals surface area contributed by atoms with E-state index >= 15 is 0 Å². The lowest BCUT2D eigenvalue weighted by Crippen LogP contribution is -2.25. The first-order chi connectivity index (χ1) is 7.58. The Labute approximate surface area is 113 Å². The van der Waals surface area contributed by atoms with E-state index in [4.69, 9.17) is 11.6 Å². The van der Waals surface area contributed by atoms with Gasteiger partial charge in [0.2, 0.25) is 5.91 Å². The van der Waals surface area contributed by atoms with E-state index in [1.165, 1.54) is 11.8 Å². The Hall–Kier alpha value is -0.450. The minimum absolute atomic E-state index is 0.0134. The summed E-state index contributed by atoms with van der Waals surface area (Å²) < 4.78 is 0.761. The van der Waals surface area contributed by atoms with E-state index in [-0.39, 0.29) is 5.91 Å². The molecule has 0 aliphatic rings. The highest BCUT2D eigenvalue weighted by Crippen LogP contribution is 2.19. The molecule has 0 aliphatic heterocycles. The molecule has 1 rings (SSSR count). The molecule has 86 valence electrons. The highest BCUT2D eigenvalue weighted by Gasteiger charge is 2.02. The average Bonchev–Trinajstić information content (AvgIpc) is 2.25. The summed E-state index contributed by atoms with van der Waals surface area (Å²) in [5.41, 5.74) is 0. The topological polar surface area (TPSA) is 29.1 Å². The first-order valence-electron chi connectivity index (χ1n) is 4.56. The van der Waals surface area contributed by atoms with Crippen LogP contribution in [0.4, 0.5) is 0 Å². The number of hydrogen-bond acceptors (Lipinski definition) is 2. The highest BCUT2D eigenvalue weighted by molar-refractivity contribution is 9.11. The van der Waals surface area contributed by atoms with Crippen LogP contribution in [0, 0.1) is 0 Å². The lowest BCUT2D eigenvalue weighted by atomic mass is 10.4. The maximum absolute atomic E-state index is 11.4. The van der Waals surface area contributed by atoms with Crippen molar-refractivity contribution in [3.8, 4) is 0 Å². The molecule has 5 heteroatoms. The molecule has 0 bridgehead atoms. The molecule has 1 aromatic rings. The van der Waals surface area contributed by atoms with E-state index < -0.39 is 0 Å². The number of hydrogen-bond donors (Lipinski definition) is 1. The number of nitrogens with one attached hydrogen (secondary N) is 1. The van der Waals surface area contributed by atoms with Crippen LogP contribution in [0.2, 0.25) is 5.02 Å². The van der Waals surface area contributed by atoms with Crippen LogP contribution in [0.1, 0.15) is 0 Å². The predicted molar refractivity (Wildman–Crippen MR) is 73.3 cm³/mol. The van der Waals surface area contributed by atoms with Gasteiger partial charge < -0.3 is 5.32 Å². The molecule has 0 unspecified atom stereocenters. The number of carbonyl (C=O) groups excluding carboxylic acids is 1. The Morgan fingerprint density at radius 1 is 1.44 bits per heavy atom. The van der Waals surface area contributed by atoms with Gasteiger partial charge in [0.05, 0.1) is 5.75 Å². The summed E-state index contributed by atoms with van der Waals surface area (Å²) >= 11 is 10.4. The van der Waals surface area contributed by atoms with E-state index in [0.29, 0.717) is 17.3 Å². The number of rotatable bonds is 5. The number of benzene rings is 1. The molecule has 16 heavy (non-hydrogen) atoms. The van der Waals surface area contributed by atoms with Gasteiger partial charge in [-0.15, -0.1) is 11.8 Å². The van der Waals surface area contributed by atoms with Crippen LogP contribution >= 0.6 is 39.3 Å². The van der Waals surface area contributed by atoms with Gasteiger partial charge in [-0.3, -0.25) is 4.79 Å². The van der Waals surface area contributed by atoms with E-state index in [1.807, 2.05) is 24.3 Å². The van der Waals surface area contributed by atoms with Crippen molar-refractivity contribution < 1.29 is 4.79 Å². The first-order valence-corrected chi connectivity index (χ1v) is 6.72. The Kier molecular flexibility index (Phi) is 5.95. The van der Waals surface area contributed by atoms with E-state index in [9.17, 15) is 4.79 Å². The van der Waals surface area contributed by atoms with Gasteiger partial charge >= 0.3 is 0 Å². The quantitative estimate of drug-likeness (QED) is 0.842. The Morgan fingerprint density at radius 3 is 2.62 bits per heavy atom. The Morgan fingerprint density at radius 2 is 2.06 bits per heavy atom. The van der Waals surface area contributed by atoms with Crippen molar-refractivity contribution in [2.75, 3.05) is 12.3 Å². The van der Waals surface area contributed by atoms with Gasteiger partial charge in [0.25, 0.3) is 0 Å². The molecule has 2 nitrogen and oxygen atoms in total. The fraction of sp³-hybridized carbons (Fsp3) is 0.182. The van der Waals surface area contributed by atoms with E-state index in [0.717, 1.165) is 9.38 Å². The van der Waals surface area contributed by atoms with Crippen molar-refractivity contribution in [1.29, 1.82) is 0 Å². The third-order valence-corrected chi connectivity index (χ3v) is 3.21. The normalized spacial score (nSPS) is 9.88. The van der Waals surface area contributed by atoms with Gasteiger partial charge in [0.1, 0.15) is 0 Å². The largest absolute Gasteiger partial charge is 0.351 e. The van der Waals surface area contributed by atoms with Crippen molar-refractivity contribution in [3.05, 3.63) is 40.3 Å². The average molecular weight is 321 g/mol. The molecule has 0 spiro atoms. The maximum Gasteiger partial charge on any atom is 0.230 e. The molecule has 0 saturated carbocycles. The Balaban J connectivity index is 2.31. The second kappa shape index (κ2) is 6.99. The maximum atomic E-state index is 11.4. The van der Waals surface area contributed by atoms with Gasteiger partial charge in [-0.2, -0.15) is 0 Å². The molecule has 0 aliphatic carbocycles. The molecular weight excluding hydrogens is 310 g/mol. The minimum Gasteiger partial charge on any atom is -0.351 e. The van der Waals surface area contributed by atoms with Crippen molar-refractivity contribution >= 4 is 45.2 Å². The summed E-state index contributed by atoms with van der Waals surface area (Å²) in [4.78, 5) is 12.4. The summed E-state index contributed by atoms with van der Waals surface area (Å²) in [6.07, 6.45) is 0. The van der Waals surface area contributed by atoms with Crippen LogP contribution in [-0.4, -0.2) is 18.2 Å². The lowest BCUT2D eigenvalue weighted by molar-refractivity contribution is -0.118. The summed E-state index contributed by atoms with van der Waals surface area (Å²) in [6, 6.07) is 7.40. The highest BCUT2D eigenvalue weighted by atomic mass is 79.9. The van der Waals surface area contributed by atoms with Gasteiger partial charge in [0.15, 0.2) is 0 Å². The molecule has 0 fully saturated rings. The second-order valence-corrected chi connectivity index (χ2v) is 5.64. The molecule has 0 radical (unpaired) electrons. The van der Waals surface area contributed by atoms with Crippen LogP contribution in [0.3, 0.4) is 0 Å². The summed E-state index contributed by atoms with van der Waals surface area (Å²) in [7, 11) is 0. The fourth-order valence-corrected chi connectivity index (χ4v) is 1.92. The smallest absolute Gasteiger partial charge is 0.230 e. The molecule has 0 aromatic heterocycles. The SMILES string of the molecule is C=C(Br)CNC(=O)CSc1ccc(Cl)cc1. The van der Waals surface area contributed by atoms with Crippen molar-refractivity contribution in [2.45, 2.75) is 4.90 Å². The Bertz CT molecular complexity index is 380. The van der Waals surface area contributed by atoms with Crippen molar-refractivity contribution in [2.24, 2.45) is 0 Å². The van der Waals surface area contributed by atoms with Gasteiger partial charge in [0, 0.05) is 20.9 Å². The molecule has 0 atom stereocenters. The predicted octanol–water partition coefficient (Wildman–Crippen LogP) is 3.46. The standard InChI is InChI=1S/C11H11BrClNOS/c1-8(12)6-14-11(15)7-16-10-4-2-9(13)3-5-10/h2-5H,1,6-7H2,(H,14,15). The van der Waals surface area contributed by atoms with Crippen LogP contribution in [0.5, 0.6) is 0 Å². The van der Waals surface area contributed by atoms with E-state index in [1.54, 1.807) is 0 Å². The lowest BCUT2D eigenvalue weighted by Gasteiger charge is -2.03. The molecule has 1 N–H and O–H groups in total. The van der Waals surface area contributed by atoms with Gasteiger partial charge in [-0.1, -0.05) is 34.1 Å². The van der Waals surface area contributed by atoms with E-state index in [2.05, 4.69) is 27.8 Å². The minimum atomic E-state index is -0.0134. The molecule has 0 heterocycles.